The smallest absolute Gasteiger partial charge is 0.292 e. The highest BCUT2D eigenvalue weighted by Gasteiger charge is 2.25. The molecule has 4 aromatic rings. The molecule has 160 valence electrons. The minimum absolute atomic E-state index is 0.0858. The van der Waals surface area contributed by atoms with Crippen molar-refractivity contribution in [3.05, 3.63) is 64.6 Å². The second-order valence-electron chi connectivity index (χ2n) is 8.11. The van der Waals surface area contributed by atoms with E-state index in [2.05, 4.69) is 34.3 Å². The first-order valence-corrected chi connectivity index (χ1v) is 10.5. The molecule has 0 amide bonds. The SMILES string of the molecule is COc1cc2c3cnn(CN4CC[C@H](c5ccccc5)C4)c(=O)c3n(C)c2cc1OC. The van der Waals surface area contributed by atoms with Crippen LogP contribution in [-0.4, -0.2) is 46.6 Å². The molecule has 7 heteroatoms. The summed E-state index contributed by atoms with van der Waals surface area (Å²) in [5.41, 5.74) is 2.82. The van der Waals surface area contributed by atoms with Crippen LogP contribution in [0.4, 0.5) is 0 Å². The molecule has 0 radical (unpaired) electrons. The number of ether oxygens (including phenoxy) is 2. The molecule has 31 heavy (non-hydrogen) atoms. The Morgan fingerprint density at radius 1 is 1.06 bits per heavy atom. The Kier molecular flexibility index (Phi) is 4.90. The fourth-order valence-corrected chi connectivity index (χ4v) is 4.73. The standard InChI is InChI=1S/C24H26N4O3/c1-26-20-12-22(31-3)21(30-2)11-18(20)19-13-25-28(24(29)23(19)26)15-27-10-9-17(14-27)16-7-5-4-6-8-16/h4-8,11-13,17H,9-10,14-15H2,1-3H3/t17-/m0/s1. The van der Waals surface area contributed by atoms with Gasteiger partial charge in [0.05, 0.1) is 32.6 Å². The molecule has 1 fully saturated rings. The van der Waals surface area contributed by atoms with Crippen molar-refractivity contribution in [2.75, 3.05) is 27.3 Å². The first-order valence-electron chi connectivity index (χ1n) is 10.5. The zero-order valence-electron chi connectivity index (χ0n) is 18.0. The third-order valence-corrected chi connectivity index (χ3v) is 6.38. The molecule has 0 aliphatic carbocycles. The molecule has 1 saturated heterocycles. The second-order valence-corrected chi connectivity index (χ2v) is 8.11. The van der Waals surface area contributed by atoms with Crippen molar-refractivity contribution in [3.8, 4) is 11.5 Å². The van der Waals surface area contributed by atoms with Crippen molar-refractivity contribution in [2.45, 2.75) is 19.0 Å². The van der Waals surface area contributed by atoms with Gasteiger partial charge in [0.1, 0.15) is 5.52 Å². The van der Waals surface area contributed by atoms with E-state index in [4.69, 9.17) is 9.47 Å². The maximum Gasteiger partial charge on any atom is 0.292 e. The van der Waals surface area contributed by atoms with Gasteiger partial charge in [0.25, 0.3) is 5.56 Å². The first kappa shape index (κ1) is 19.6. The largest absolute Gasteiger partial charge is 0.493 e. The monoisotopic (exact) mass is 418 g/mol. The highest BCUT2D eigenvalue weighted by Crippen LogP contribution is 2.36. The van der Waals surface area contributed by atoms with Gasteiger partial charge in [-0.15, -0.1) is 0 Å². The van der Waals surface area contributed by atoms with Crippen molar-refractivity contribution in [2.24, 2.45) is 7.05 Å². The summed E-state index contributed by atoms with van der Waals surface area (Å²) < 4.78 is 14.4. The van der Waals surface area contributed by atoms with Crippen LogP contribution >= 0.6 is 0 Å². The molecule has 5 rings (SSSR count). The average Bonchev–Trinajstić information content (AvgIpc) is 3.38. The Bertz CT molecular complexity index is 1310. The summed E-state index contributed by atoms with van der Waals surface area (Å²) in [5.74, 6) is 1.77. The minimum Gasteiger partial charge on any atom is -0.493 e. The molecule has 2 aromatic heterocycles. The molecule has 0 spiro atoms. The highest BCUT2D eigenvalue weighted by molar-refractivity contribution is 6.08. The van der Waals surface area contributed by atoms with E-state index in [-0.39, 0.29) is 5.56 Å². The van der Waals surface area contributed by atoms with Crippen LogP contribution in [0.3, 0.4) is 0 Å². The molecular formula is C24H26N4O3. The Morgan fingerprint density at radius 2 is 1.81 bits per heavy atom. The molecule has 3 heterocycles. The van der Waals surface area contributed by atoms with E-state index in [0.29, 0.717) is 29.6 Å². The van der Waals surface area contributed by atoms with Crippen LogP contribution in [0, 0.1) is 0 Å². The zero-order chi connectivity index (χ0) is 21.5. The van der Waals surface area contributed by atoms with Gasteiger partial charge in [-0.05, 0) is 24.0 Å². The Morgan fingerprint density at radius 3 is 2.55 bits per heavy atom. The topological polar surface area (TPSA) is 61.5 Å². The second kappa shape index (κ2) is 7.74. The van der Waals surface area contributed by atoms with Crippen LogP contribution in [0.2, 0.25) is 0 Å². The number of fused-ring (bicyclic) bond motifs is 3. The number of nitrogens with zero attached hydrogens (tertiary/aromatic N) is 4. The Hall–Kier alpha value is -3.32. The number of hydrogen-bond donors (Lipinski definition) is 0. The van der Waals surface area contributed by atoms with Crippen LogP contribution in [0.15, 0.2) is 53.5 Å². The summed E-state index contributed by atoms with van der Waals surface area (Å²) in [4.78, 5) is 15.7. The lowest BCUT2D eigenvalue weighted by atomic mass is 9.99. The van der Waals surface area contributed by atoms with Crippen molar-refractivity contribution in [3.63, 3.8) is 0 Å². The van der Waals surface area contributed by atoms with Crippen molar-refractivity contribution in [1.29, 1.82) is 0 Å². The van der Waals surface area contributed by atoms with Gasteiger partial charge in [0.2, 0.25) is 0 Å². The minimum atomic E-state index is -0.0858. The van der Waals surface area contributed by atoms with E-state index < -0.39 is 0 Å². The summed E-state index contributed by atoms with van der Waals surface area (Å²) in [5, 5.41) is 6.26. The van der Waals surface area contributed by atoms with Gasteiger partial charge in [-0.1, -0.05) is 30.3 Å². The van der Waals surface area contributed by atoms with E-state index in [9.17, 15) is 4.79 Å². The van der Waals surface area contributed by atoms with Gasteiger partial charge in [0, 0.05) is 37.0 Å². The fraction of sp³-hybridized carbons (Fsp3) is 0.333. The normalized spacial score (nSPS) is 16.9. The number of hydrogen-bond acceptors (Lipinski definition) is 5. The molecule has 0 saturated carbocycles. The molecule has 0 N–H and O–H groups in total. The lowest BCUT2D eigenvalue weighted by molar-refractivity contribution is 0.246. The van der Waals surface area contributed by atoms with Gasteiger partial charge in [0.15, 0.2) is 11.5 Å². The summed E-state index contributed by atoms with van der Waals surface area (Å²) in [6, 6.07) is 14.4. The third kappa shape index (κ3) is 3.25. The predicted molar refractivity (Wildman–Crippen MR) is 121 cm³/mol. The maximum atomic E-state index is 13.4. The quantitative estimate of drug-likeness (QED) is 0.497. The van der Waals surface area contributed by atoms with E-state index in [0.717, 1.165) is 35.8 Å². The van der Waals surface area contributed by atoms with Crippen LogP contribution < -0.4 is 15.0 Å². The van der Waals surface area contributed by atoms with Crippen molar-refractivity contribution >= 4 is 21.8 Å². The Balaban J connectivity index is 1.50. The summed E-state index contributed by atoms with van der Waals surface area (Å²) >= 11 is 0. The summed E-state index contributed by atoms with van der Waals surface area (Å²) in [6.07, 6.45) is 2.88. The molecule has 7 nitrogen and oxygen atoms in total. The van der Waals surface area contributed by atoms with E-state index in [1.54, 1.807) is 25.1 Å². The molecule has 0 unspecified atom stereocenters. The number of likely N-dealkylation sites (tertiary alicyclic amines) is 1. The lowest BCUT2D eigenvalue weighted by Gasteiger charge is -2.17. The van der Waals surface area contributed by atoms with E-state index in [1.807, 2.05) is 29.8 Å². The maximum absolute atomic E-state index is 13.4. The molecule has 1 atom stereocenters. The molecule has 1 aliphatic heterocycles. The molecular weight excluding hydrogens is 392 g/mol. The molecule has 1 aliphatic rings. The predicted octanol–water partition coefficient (Wildman–Crippen LogP) is 3.35. The summed E-state index contributed by atoms with van der Waals surface area (Å²) in [7, 11) is 5.13. The van der Waals surface area contributed by atoms with Crippen LogP contribution in [-0.2, 0) is 13.7 Å². The van der Waals surface area contributed by atoms with E-state index in [1.165, 1.54) is 5.56 Å². The van der Waals surface area contributed by atoms with Crippen LogP contribution in [0.5, 0.6) is 11.5 Å². The number of benzene rings is 2. The third-order valence-electron chi connectivity index (χ3n) is 6.38. The van der Waals surface area contributed by atoms with Gasteiger partial charge in [-0.25, -0.2) is 4.68 Å². The van der Waals surface area contributed by atoms with Gasteiger partial charge < -0.3 is 14.0 Å². The molecule has 0 bridgehead atoms. The average molecular weight is 418 g/mol. The highest BCUT2D eigenvalue weighted by atomic mass is 16.5. The summed E-state index contributed by atoms with van der Waals surface area (Å²) in [6.45, 7) is 2.38. The van der Waals surface area contributed by atoms with Crippen LogP contribution in [0.25, 0.3) is 21.8 Å². The first-order chi connectivity index (χ1) is 15.1. The van der Waals surface area contributed by atoms with Gasteiger partial charge in [-0.3, -0.25) is 9.69 Å². The van der Waals surface area contributed by atoms with Gasteiger partial charge in [-0.2, -0.15) is 5.10 Å². The fourth-order valence-electron chi connectivity index (χ4n) is 4.73. The number of aryl methyl sites for hydroxylation is 1. The number of methoxy groups -OCH3 is 2. The lowest BCUT2D eigenvalue weighted by Crippen LogP contribution is -2.33. The van der Waals surface area contributed by atoms with Crippen LogP contribution in [0.1, 0.15) is 17.9 Å². The number of aromatic nitrogens is 3. The number of rotatable bonds is 5. The van der Waals surface area contributed by atoms with E-state index >= 15 is 0 Å². The van der Waals surface area contributed by atoms with Crippen molar-refractivity contribution < 1.29 is 9.47 Å². The van der Waals surface area contributed by atoms with Crippen molar-refractivity contribution in [1.82, 2.24) is 19.2 Å². The molecule has 2 aromatic carbocycles. The zero-order valence-corrected chi connectivity index (χ0v) is 18.0. The Labute approximate surface area is 180 Å². The van der Waals surface area contributed by atoms with Gasteiger partial charge >= 0.3 is 0 Å².